The van der Waals surface area contributed by atoms with E-state index in [0.29, 0.717) is 11.1 Å². The summed E-state index contributed by atoms with van der Waals surface area (Å²) >= 11 is 0. The van der Waals surface area contributed by atoms with Crippen LogP contribution in [0.3, 0.4) is 0 Å². The molecule has 0 aliphatic carbocycles. The lowest BCUT2D eigenvalue weighted by atomic mass is 9.91. The summed E-state index contributed by atoms with van der Waals surface area (Å²) < 4.78 is 15.3. The van der Waals surface area contributed by atoms with E-state index in [1.807, 2.05) is 18.2 Å². The van der Waals surface area contributed by atoms with Crippen LogP contribution in [-0.2, 0) is 14.2 Å². The molecule has 0 aliphatic rings. The summed E-state index contributed by atoms with van der Waals surface area (Å²) in [5.74, 6) is -2.18. The quantitative estimate of drug-likeness (QED) is 0.544. The highest BCUT2D eigenvalue weighted by atomic mass is 16.5. The van der Waals surface area contributed by atoms with Crippen LogP contribution in [0.5, 0.6) is 0 Å². The van der Waals surface area contributed by atoms with E-state index in [-0.39, 0.29) is 36.5 Å². The van der Waals surface area contributed by atoms with Crippen molar-refractivity contribution in [2.45, 2.75) is 20.8 Å². The zero-order chi connectivity index (χ0) is 19.8. The van der Waals surface area contributed by atoms with E-state index in [9.17, 15) is 14.4 Å². The van der Waals surface area contributed by atoms with Crippen molar-refractivity contribution >= 4 is 17.9 Å². The number of carbonyl (C=O) groups is 3. The van der Waals surface area contributed by atoms with Gasteiger partial charge in [-0.05, 0) is 38.0 Å². The molecule has 0 heterocycles. The fourth-order valence-corrected chi connectivity index (χ4v) is 2.67. The molecule has 0 fully saturated rings. The van der Waals surface area contributed by atoms with Crippen LogP contribution in [-0.4, -0.2) is 37.7 Å². The predicted octanol–water partition coefficient (Wildman–Crippen LogP) is 3.88. The van der Waals surface area contributed by atoms with Crippen LogP contribution in [0.1, 0.15) is 51.8 Å². The van der Waals surface area contributed by atoms with E-state index in [0.717, 1.165) is 0 Å². The van der Waals surface area contributed by atoms with Crippen LogP contribution in [0, 0.1) is 0 Å². The minimum atomic E-state index is -0.776. The highest BCUT2D eigenvalue weighted by Gasteiger charge is 2.30. The van der Waals surface area contributed by atoms with E-state index in [1.165, 1.54) is 6.07 Å². The van der Waals surface area contributed by atoms with E-state index in [4.69, 9.17) is 14.2 Å². The maximum atomic E-state index is 12.7. The molecule has 0 atom stereocenters. The zero-order valence-corrected chi connectivity index (χ0v) is 15.6. The Morgan fingerprint density at radius 2 is 1.19 bits per heavy atom. The molecule has 2 aromatic carbocycles. The van der Waals surface area contributed by atoms with Gasteiger partial charge in [-0.3, -0.25) is 0 Å². The second-order valence-electron chi connectivity index (χ2n) is 5.44. The first kappa shape index (κ1) is 20.2. The summed E-state index contributed by atoms with van der Waals surface area (Å²) in [7, 11) is 0. The molecule has 2 aromatic rings. The summed E-state index contributed by atoms with van der Waals surface area (Å²) in [4.78, 5) is 37.7. The number of carbonyl (C=O) groups excluding carboxylic acids is 3. The molecule has 0 bridgehead atoms. The second-order valence-corrected chi connectivity index (χ2v) is 5.44. The van der Waals surface area contributed by atoms with Gasteiger partial charge in [0.25, 0.3) is 0 Å². The van der Waals surface area contributed by atoms with Crippen LogP contribution in [0.2, 0.25) is 0 Å². The van der Waals surface area contributed by atoms with Gasteiger partial charge in [0, 0.05) is 0 Å². The third-order valence-electron chi connectivity index (χ3n) is 3.74. The number of ether oxygens (including phenoxy) is 3. The first-order chi connectivity index (χ1) is 13.0. The van der Waals surface area contributed by atoms with E-state index in [1.54, 1.807) is 39.0 Å². The Bertz CT molecular complexity index is 826. The lowest BCUT2D eigenvalue weighted by Crippen LogP contribution is -2.21. The van der Waals surface area contributed by atoms with E-state index < -0.39 is 17.9 Å². The summed E-state index contributed by atoms with van der Waals surface area (Å²) in [6.07, 6.45) is 0. The van der Waals surface area contributed by atoms with Gasteiger partial charge in [0.15, 0.2) is 0 Å². The van der Waals surface area contributed by atoms with Gasteiger partial charge in [0.05, 0.1) is 36.5 Å². The number of benzene rings is 2. The predicted molar refractivity (Wildman–Crippen MR) is 99.7 cm³/mol. The summed E-state index contributed by atoms with van der Waals surface area (Å²) in [6, 6.07) is 12.1. The van der Waals surface area contributed by atoms with Gasteiger partial charge in [-0.2, -0.15) is 0 Å². The van der Waals surface area contributed by atoms with Crippen molar-refractivity contribution in [1.29, 1.82) is 0 Å². The number of rotatable bonds is 7. The van der Waals surface area contributed by atoms with Crippen LogP contribution >= 0.6 is 0 Å². The molecule has 0 aromatic heterocycles. The monoisotopic (exact) mass is 370 g/mol. The number of hydrogen-bond donors (Lipinski definition) is 0. The second kappa shape index (κ2) is 9.52. The van der Waals surface area contributed by atoms with Gasteiger partial charge in [-0.25, -0.2) is 14.4 Å². The zero-order valence-electron chi connectivity index (χ0n) is 15.6. The van der Waals surface area contributed by atoms with Crippen LogP contribution in [0.25, 0.3) is 11.1 Å². The van der Waals surface area contributed by atoms with Crippen molar-refractivity contribution in [3.8, 4) is 11.1 Å². The fourth-order valence-electron chi connectivity index (χ4n) is 2.67. The summed E-state index contributed by atoms with van der Waals surface area (Å²) in [6.45, 7) is 5.33. The summed E-state index contributed by atoms with van der Waals surface area (Å²) in [5.41, 5.74) is 1.01. The van der Waals surface area contributed by atoms with Gasteiger partial charge in [-0.1, -0.05) is 36.4 Å². The normalized spacial score (nSPS) is 10.2. The van der Waals surface area contributed by atoms with Gasteiger partial charge in [-0.15, -0.1) is 0 Å². The smallest absolute Gasteiger partial charge is 0.339 e. The molecule has 0 saturated heterocycles. The highest BCUT2D eigenvalue weighted by molar-refractivity contribution is 6.13. The molecule has 0 amide bonds. The molecule has 0 radical (unpaired) electrons. The average molecular weight is 370 g/mol. The molecule has 0 saturated carbocycles. The lowest BCUT2D eigenvalue weighted by molar-refractivity contribution is 0.0459. The Balaban J connectivity index is 2.80. The average Bonchev–Trinajstić information content (AvgIpc) is 2.68. The Kier molecular flexibility index (Phi) is 7.11. The molecule has 2 rings (SSSR count). The molecule has 0 aliphatic heterocycles. The van der Waals surface area contributed by atoms with Gasteiger partial charge in [0.2, 0.25) is 0 Å². The molecular formula is C21H22O6. The number of esters is 3. The molecule has 0 unspecified atom stereocenters. The van der Waals surface area contributed by atoms with Crippen LogP contribution < -0.4 is 0 Å². The maximum absolute atomic E-state index is 12.7. The minimum absolute atomic E-state index is 0.00736. The molecule has 0 spiro atoms. The lowest BCUT2D eigenvalue weighted by Gasteiger charge is -2.16. The van der Waals surface area contributed by atoms with Crippen molar-refractivity contribution in [3.63, 3.8) is 0 Å². The first-order valence-corrected chi connectivity index (χ1v) is 8.78. The minimum Gasteiger partial charge on any atom is -0.462 e. The fraction of sp³-hybridized carbons (Fsp3) is 0.286. The SMILES string of the molecule is CCOC(=O)c1ccc(-c2ccccc2)c(C(=O)OCC)c1C(=O)OCC. The Hall–Kier alpha value is -3.15. The van der Waals surface area contributed by atoms with Crippen LogP contribution in [0.15, 0.2) is 42.5 Å². The van der Waals surface area contributed by atoms with Crippen molar-refractivity contribution in [1.82, 2.24) is 0 Å². The van der Waals surface area contributed by atoms with E-state index in [2.05, 4.69) is 0 Å². The highest BCUT2D eigenvalue weighted by Crippen LogP contribution is 2.30. The van der Waals surface area contributed by atoms with Gasteiger partial charge in [0.1, 0.15) is 0 Å². The molecule has 142 valence electrons. The molecule has 6 nitrogen and oxygen atoms in total. The van der Waals surface area contributed by atoms with Crippen molar-refractivity contribution in [2.24, 2.45) is 0 Å². The molecule has 27 heavy (non-hydrogen) atoms. The maximum Gasteiger partial charge on any atom is 0.339 e. The molecular weight excluding hydrogens is 348 g/mol. The largest absolute Gasteiger partial charge is 0.462 e. The third-order valence-corrected chi connectivity index (χ3v) is 3.74. The Morgan fingerprint density at radius 3 is 1.74 bits per heavy atom. The van der Waals surface area contributed by atoms with Crippen molar-refractivity contribution in [2.75, 3.05) is 19.8 Å². The van der Waals surface area contributed by atoms with Crippen molar-refractivity contribution in [3.05, 3.63) is 59.2 Å². The van der Waals surface area contributed by atoms with Gasteiger partial charge >= 0.3 is 17.9 Å². The third kappa shape index (κ3) is 4.53. The molecule has 6 heteroatoms. The standard InChI is InChI=1S/C21H22O6/c1-4-25-19(22)16-13-12-15(14-10-8-7-9-11-14)17(20(23)26-5-2)18(16)21(24)27-6-3/h7-13H,4-6H2,1-3H3. The first-order valence-electron chi connectivity index (χ1n) is 8.78. The Labute approximate surface area is 158 Å². The number of hydrogen-bond acceptors (Lipinski definition) is 6. The topological polar surface area (TPSA) is 78.9 Å². The van der Waals surface area contributed by atoms with Gasteiger partial charge < -0.3 is 14.2 Å². The summed E-state index contributed by atoms with van der Waals surface area (Å²) in [5, 5.41) is 0. The van der Waals surface area contributed by atoms with Crippen LogP contribution in [0.4, 0.5) is 0 Å². The Morgan fingerprint density at radius 1 is 0.667 bits per heavy atom. The van der Waals surface area contributed by atoms with E-state index >= 15 is 0 Å². The van der Waals surface area contributed by atoms with Crippen molar-refractivity contribution < 1.29 is 28.6 Å². The molecule has 0 N–H and O–H groups in total.